The minimum absolute atomic E-state index is 0.0621. The molecule has 1 nitrogen and oxygen atoms in total. The van der Waals surface area contributed by atoms with Gasteiger partial charge >= 0.3 is 0 Å². The van der Waals surface area contributed by atoms with Crippen LogP contribution >= 0.6 is 0 Å². The molecule has 0 saturated heterocycles. The Morgan fingerprint density at radius 2 is 1.50 bits per heavy atom. The SMILES string of the molecule is CC1=CC(c2ccccc2C(C)(C)NC(C)(C)C)C(C)=C1C. The standard InChI is InChI=1S/C21H31N/c1-14-13-18(16(3)15(14)2)17-11-9-10-12-19(17)21(7,8)22-20(4,5)6/h9-13,18,22H,1-8H3. The zero-order chi connectivity index (χ0) is 16.7. The van der Waals surface area contributed by atoms with Gasteiger partial charge in [-0.3, -0.25) is 0 Å². The topological polar surface area (TPSA) is 12.0 Å². The molecular weight excluding hydrogens is 266 g/mol. The van der Waals surface area contributed by atoms with E-state index in [1.165, 1.54) is 27.8 Å². The summed E-state index contributed by atoms with van der Waals surface area (Å²) in [6, 6.07) is 8.88. The maximum Gasteiger partial charge on any atom is 0.0384 e. The maximum absolute atomic E-state index is 3.78. The molecule has 0 amide bonds. The molecule has 1 unspecified atom stereocenters. The molecule has 0 aliphatic heterocycles. The molecule has 1 atom stereocenters. The smallest absolute Gasteiger partial charge is 0.0384 e. The summed E-state index contributed by atoms with van der Waals surface area (Å²) in [5.74, 6) is 0.414. The Hall–Kier alpha value is -1.34. The summed E-state index contributed by atoms with van der Waals surface area (Å²) >= 11 is 0. The van der Waals surface area contributed by atoms with Crippen molar-refractivity contribution >= 4 is 0 Å². The highest BCUT2D eigenvalue weighted by atomic mass is 15.0. The highest BCUT2D eigenvalue weighted by Gasteiger charge is 2.31. The summed E-state index contributed by atoms with van der Waals surface area (Å²) in [6.45, 7) is 18.0. The fraction of sp³-hybridized carbons (Fsp3) is 0.524. The zero-order valence-electron chi connectivity index (χ0n) is 15.5. The molecule has 1 aromatic carbocycles. The van der Waals surface area contributed by atoms with Crippen molar-refractivity contribution in [1.29, 1.82) is 0 Å². The summed E-state index contributed by atoms with van der Waals surface area (Å²) < 4.78 is 0. The molecule has 120 valence electrons. The molecule has 0 spiro atoms. The van der Waals surface area contributed by atoms with Gasteiger partial charge in [0.15, 0.2) is 0 Å². The Bertz CT molecular complexity index is 624. The van der Waals surface area contributed by atoms with Crippen molar-refractivity contribution in [1.82, 2.24) is 5.32 Å². The van der Waals surface area contributed by atoms with Crippen molar-refractivity contribution < 1.29 is 0 Å². The highest BCUT2D eigenvalue weighted by Crippen LogP contribution is 2.41. The van der Waals surface area contributed by atoms with Gasteiger partial charge in [0.05, 0.1) is 0 Å². The first-order valence-electron chi connectivity index (χ1n) is 8.28. The predicted molar refractivity (Wildman–Crippen MR) is 97.2 cm³/mol. The van der Waals surface area contributed by atoms with Crippen LogP contribution in [0.15, 0.2) is 47.1 Å². The molecular formula is C21H31N. The lowest BCUT2D eigenvalue weighted by Gasteiger charge is -2.37. The van der Waals surface area contributed by atoms with E-state index in [-0.39, 0.29) is 11.1 Å². The third kappa shape index (κ3) is 3.35. The van der Waals surface area contributed by atoms with E-state index in [9.17, 15) is 0 Å². The third-order valence-electron chi connectivity index (χ3n) is 4.72. The summed E-state index contributed by atoms with van der Waals surface area (Å²) in [5, 5.41) is 3.78. The first-order valence-corrected chi connectivity index (χ1v) is 8.28. The van der Waals surface area contributed by atoms with Crippen molar-refractivity contribution in [2.24, 2.45) is 0 Å². The van der Waals surface area contributed by atoms with Crippen molar-refractivity contribution in [2.75, 3.05) is 0 Å². The van der Waals surface area contributed by atoms with Crippen LogP contribution in [0, 0.1) is 0 Å². The van der Waals surface area contributed by atoms with Gasteiger partial charge in [-0.25, -0.2) is 0 Å². The Morgan fingerprint density at radius 3 is 2.00 bits per heavy atom. The van der Waals surface area contributed by atoms with E-state index in [0.29, 0.717) is 5.92 Å². The van der Waals surface area contributed by atoms with E-state index < -0.39 is 0 Å². The Kier molecular flexibility index (Phi) is 4.41. The van der Waals surface area contributed by atoms with Crippen LogP contribution < -0.4 is 5.32 Å². The Balaban J connectivity index is 2.49. The molecule has 0 fully saturated rings. The van der Waals surface area contributed by atoms with Gasteiger partial charge in [0.2, 0.25) is 0 Å². The van der Waals surface area contributed by atoms with Crippen LogP contribution in [-0.2, 0) is 5.54 Å². The monoisotopic (exact) mass is 297 g/mol. The molecule has 0 bridgehead atoms. The number of benzene rings is 1. The van der Waals surface area contributed by atoms with Gasteiger partial charge in [0.25, 0.3) is 0 Å². The first kappa shape index (κ1) is 17.0. The molecule has 0 aromatic heterocycles. The lowest BCUT2D eigenvalue weighted by molar-refractivity contribution is 0.285. The molecule has 2 rings (SSSR count). The second-order valence-corrected chi connectivity index (χ2v) is 8.22. The van der Waals surface area contributed by atoms with Crippen molar-refractivity contribution in [3.8, 4) is 0 Å². The number of nitrogens with one attached hydrogen (secondary N) is 1. The van der Waals surface area contributed by atoms with Gasteiger partial charge in [-0.1, -0.05) is 41.5 Å². The minimum Gasteiger partial charge on any atom is -0.303 e. The molecule has 1 aliphatic carbocycles. The van der Waals surface area contributed by atoms with Gasteiger partial charge < -0.3 is 5.32 Å². The van der Waals surface area contributed by atoms with Gasteiger partial charge in [0, 0.05) is 17.0 Å². The van der Waals surface area contributed by atoms with Crippen LogP contribution in [0.5, 0.6) is 0 Å². The van der Waals surface area contributed by atoms with Crippen LogP contribution in [0.3, 0.4) is 0 Å². The average Bonchev–Trinajstić information content (AvgIpc) is 2.64. The molecule has 0 radical (unpaired) electrons. The molecule has 1 heteroatoms. The number of allylic oxidation sites excluding steroid dienone is 4. The predicted octanol–water partition coefficient (Wildman–Crippen LogP) is 5.69. The average molecular weight is 297 g/mol. The van der Waals surface area contributed by atoms with E-state index in [0.717, 1.165) is 0 Å². The summed E-state index contributed by atoms with van der Waals surface area (Å²) in [4.78, 5) is 0. The van der Waals surface area contributed by atoms with Crippen LogP contribution in [0.2, 0.25) is 0 Å². The summed E-state index contributed by atoms with van der Waals surface area (Å²) in [7, 11) is 0. The lowest BCUT2D eigenvalue weighted by atomic mass is 9.81. The fourth-order valence-corrected chi connectivity index (χ4v) is 3.71. The molecule has 1 N–H and O–H groups in total. The second kappa shape index (κ2) is 5.70. The zero-order valence-corrected chi connectivity index (χ0v) is 15.5. The molecule has 0 heterocycles. The minimum atomic E-state index is -0.0621. The van der Waals surface area contributed by atoms with Gasteiger partial charge in [-0.2, -0.15) is 0 Å². The van der Waals surface area contributed by atoms with Crippen molar-refractivity contribution in [2.45, 2.75) is 72.4 Å². The second-order valence-electron chi connectivity index (χ2n) is 8.22. The van der Waals surface area contributed by atoms with Crippen LogP contribution in [0.4, 0.5) is 0 Å². The molecule has 1 aliphatic rings. The summed E-state index contributed by atoms with van der Waals surface area (Å²) in [6.07, 6.45) is 2.41. The Labute approximate surface area is 136 Å². The number of hydrogen-bond donors (Lipinski definition) is 1. The molecule has 22 heavy (non-hydrogen) atoms. The first-order chi connectivity index (χ1) is 10.0. The van der Waals surface area contributed by atoms with E-state index in [4.69, 9.17) is 0 Å². The van der Waals surface area contributed by atoms with Gasteiger partial charge in [0.1, 0.15) is 0 Å². The maximum atomic E-state index is 3.78. The van der Waals surface area contributed by atoms with Crippen LogP contribution in [0.25, 0.3) is 0 Å². The largest absolute Gasteiger partial charge is 0.303 e. The number of rotatable bonds is 3. The van der Waals surface area contributed by atoms with Crippen LogP contribution in [0.1, 0.15) is 72.4 Å². The third-order valence-corrected chi connectivity index (χ3v) is 4.72. The highest BCUT2D eigenvalue weighted by molar-refractivity contribution is 5.52. The van der Waals surface area contributed by atoms with Crippen molar-refractivity contribution in [3.05, 3.63) is 58.2 Å². The molecule has 0 saturated carbocycles. The quantitative estimate of drug-likeness (QED) is 0.755. The van der Waals surface area contributed by atoms with E-state index in [1.807, 2.05) is 0 Å². The molecule has 1 aromatic rings. The van der Waals surface area contributed by atoms with Crippen molar-refractivity contribution in [3.63, 3.8) is 0 Å². The van der Waals surface area contributed by atoms with Gasteiger partial charge in [-0.15, -0.1) is 0 Å². The van der Waals surface area contributed by atoms with Crippen LogP contribution in [-0.4, -0.2) is 5.54 Å². The number of hydrogen-bond acceptors (Lipinski definition) is 1. The normalized spacial score (nSPS) is 19.6. The van der Waals surface area contributed by atoms with Gasteiger partial charge in [-0.05, 0) is 72.1 Å². The fourth-order valence-electron chi connectivity index (χ4n) is 3.71. The Morgan fingerprint density at radius 1 is 0.909 bits per heavy atom. The van der Waals surface area contributed by atoms with E-state index in [2.05, 4.69) is 91.0 Å². The lowest BCUT2D eigenvalue weighted by Crippen LogP contribution is -2.48. The summed E-state index contributed by atoms with van der Waals surface area (Å²) in [5.41, 5.74) is 7.19. The van der Waals surface area contributed by atoms with E-state index >= 15 is 0 Å². The van der Waals surface area contributed by atoms with E-state index in [1.54, 1.807) is 0 Å².